The number of benzene rings is 2. The zero-order valence-electron chi connectivity index (χ0n) is 19.7. The highest BCUT2D eigenvalue weighted by Crippen LogP contribution is 2.33. The molecule has 0 spiro atoms. The van der Waals surface area contributed by atoms with Crippen LogP contribution in [0.4, 0.5) is 46.0 Å². The van der Waals surface area contributed by atoms with Gasteiger partial charge in [0.25, 0.3) is 46.0 Å². The van der Waals surface area contributed by atoms with Gasteiger partial charge in [0.15, 0.2) is 11.1 Å². The number of anilines is 2. The summed E-state index contributed by atoms with van der Waals surface area (Å²) in [6.45, 7) is 0. The molecule has 0 aliphatic heterocycles. The second kappa shape index (κ2) is 12.1. The molecular formula is C16H8N14O12. The number of nitrogens with one attached hydrogen (secondary N) is 2. The molecule has 26 heteroatoms. The van der Waals surface area contributed by atoms with Gasteiger partial charge in [-0.05, 0) is 0 Å². The molecule has 214 valence electrons. The van der Waals surface area contributed by atoms with Crippen molar-refractivity contribution < 1.29 is 29.5 Å². The van der Waals surface area contributed by atoms with E-state index >= 15 is 0 Å². The quantitative estimate of drug-likeness (QED) is 0.172. The Labute approximate surface area is 226 Å². The highest BCUT2D eigenvalue weighted by molar-refractivity contribution is 5.93. The maximum absolute atomic E-state index is 11.3. The van der Waals surface area contributed by atoms with Crippen LogP contribution in [0.25, 0.3) is 0 Å². The number of non-ortho nitro benzene ring substituents is 2. The van der Waals surface area contributed by atoms with Crippen LogP contribution in [0.3, 0.4) is 0 Å². The summed E-state index contributed by atoms with van der Waals surface area (Å²) in [5.74, 6) is -0.954. The first kappa shape index (κ1) is 29.3. The Hall–Kier alpha value is -7.28. The smallest absolute Gasteiger partial charge is 0.258 e. The number of hydrogen-bond donors (Lipinski definition) is 2. The summed E-state index contributed by atoms with van der Waals surface area (Å²) in [5, 5.41) is 87.9. The van der Waals surface area contributed by atoms with Gasteiger partial charge in [-0.2, -0.15) is 10.2 Å². The number of aromatic nitrogens is 4. The topological polar surface area (TPSA) is 359 Å². The summed E-state index contributed by atoms with van der Waals surface area (Å²) >= 11 is 0. The molecule has 42 heavy (non-hydrogen) atoms. The molecule has 2 N–H and O–H groups in total. The van der Waals surface area contributed by atoms with Crippen LogP contribution in [0.5, 0.6) is 0 Å². The molecule has 0 saturated heterocycles. The second-order valence-electron chi connectivity index (χ2n) is 7.13. The van der Waals surface area contributed by atoms with Crippen LogP contribution in [-0.4, -0.2) is 62.4 Å². The third kappa shape index (κ3) is 6.58. The van der Waals surface area contributed by atoms with Gasteiger partial charge in [-0.15, -0.1) is 20.4 Å². The minimum absolute atomic E-state index is 0.477. The lowest BCUT2D eigenvalue weighted by Gasteiger charge is -2.02. The zero-order chi connectivity index (χ0) is 31.1. The molecule has 0 unspecified atom stereocenters. The van der Waals surface area contributed by atoms with E-state index in [1.165, 1.54) is 0 Å². The van der Waals surface area contributed by atoms with Crippen LogP contribution in [0, 0.1) is 60.7 Å². The van der Waals surface area contributed by atoms with E-state index in [1.54, 1.807) is 0 Å². The summed E-state index contributed by atoms with van der Waals surface area (Å²) in [6, 6.07) is 1.98. The molecule has 0 bridgehead atoms. The van der Waals surface area contributed by atoms with E-state index in [4.69, 9.17) is 0 Å². The Morgan fingerprint density at radius 3 is 0.976 bits per heavy atom. The van der Waals surface area contributed by atoms with Gasteiger partial charge in [0.05, 0.1) is 66.2 Å². The van der Waals surface area contributed by atoms with Gasteiger partial charge in [-0.1, -0.05) is 0 Å². The lowest BCUT2D eigenvalue weighted by atomic mass is 10.1. The van der Waals surface area contributed by atoms with E-state index < -0.39 is 86.7 Å². The lowest BCUT2D eigenvalue weighted by Crippen LogP contribution is -2.07. The molecule has 0 fully saturated rings. The number of nitro groups is 6. The van der Waals surface area contributed by atoms with E-state index in [1.807, 2.05) is 0 Å². The summed E-state index contributed by atoms with van der Waals surface area (Å²) < 4.78 is 0. The Bertz CT molecular complexity index is 1510. The first-order valence-corrected chi connectivity index (χ1v) is 10.2. The van der Waals surface area contributed by atoms with Crippen molar-refractivity contribution in [2.24, 2.45) is 10.2 Å². The van der Waals surface area contributed by atoms with Crippen LogP contribution >= 0.6 is 0 Å². The SMILES string of the molecule is O=[N+]([O-])c1cc([N+](=O)[O-])c(/C=N/Nc2nnc(N/N=C/c3c([N+](=O)[O-])cc([N+](=O)[O-])cc3[N+](=O)[O-])nn2)c([N+](=O)[O-])c1. The van der Waals surface area contributed by atoms with E-state index in [-0.39, 0.29) is 0 Å². The van der Waals surface area contributed by atoms with Crippen LogP contribution < -0.4 is 10.9 Å². The third-order valence-corrected chi connectivity index (χ3v) is 4.65. The van der Waals surface area contributed by atoms with E-state index in [9.17, 15) is 60.7 Å². The zero-order valence-corrected chi connectivity index (χ0v) is 19.7. The summed E-state index contributed by atoms with van der Waals surface area (Å²) in [7, 11) is 0. The number of nitro benzene ring substituents is 6. The van der Waals surface area contributed by atoms with Gasteiger partial charge in [-0.25, -0.2) is 10.9 Å². The molecule has 3 rings (SSSR count). The predicted octanol–water partition coefficient (Wildman–Crippen LogP) is 1.61. The average molecular weight is 588 g/mol. The lowest BCUT2D eigenvalue weighted by molar-refractivity contribution is -0.403. The number of rotatable bonds is 12. The molecule has 0 amide bonds. The maximum atomic E-state index is 11.3. The Morgan fingerprint density at radius 1 is 0.500 bits per heavy atom. The number of nitrogens with zero attached hydrogens (tertiary/aromatic N) is 12. The molecular weight excluding hydrogens is 580 g/mol. The molecule has 1 heterocycles. The molecule has 0 atom stereocenters. The average Bonchev–Trinajstić information content (AvgIpc) is 2.92. The fourth-order valence-corrected chi connectivity index (χ4v) is 2.92. The van der Waals surface area contributed by atoms with Crippen molar-refractivity contribution in [1.29, 1.82) is 0 Å². The molecule has 0 radical (unpaired) electrons. The third-order valence-electron chi connectivity index (χ3n) is 4.65. The van der Waals surface area contributed by atoms with Crippen molar-refractivity contribution in [3.05, 3.63) is 96.1 Å². The molecule has 2 aromatic carbocycles. The molecule has 0 aliphatic rings. The van der Waals surface area contributed by atoms with Crippen molar-refractivity contribution >= 4 is 58.5 Å². The van der Waals surface area contributed by atoms with Gasteiger partial charge in [0, 0.05) is 0 Å². The van der Waals surface area contributed by atoms with Gasteiger partial charge in [0.2, 0.25) is 0 Å². The first-order chi connectivity index (χ1) is 19.8. The second-order valence-corrected chi connectivity index (χ2v) is 7.13. The Kier molecular flexibility index (Phi) is 8.40. The molecule has 3 aromatic rings. The van der Waals surface area contributed by atoms with Crippen LogP contribution in [-0.2, 0) is 0 Å². The first-order valence-electron chi connectivity index (χ1n) is 10.2. The number of hydrazone groups is 2. The van der Waals surface area contributed by atoms with E-state index in [2.05, 4.69) is 41.4 Å². The largest absolute Gasteiger partial charge is 0.292 e. The van der Waals surface area contributed by atoms with Crippen molar-refractivity contribution in [1.82, 2.24) is 20.4 Å². The molecule has 26 nitrogen and oxygen atoms in total. The van der Waals surface area contributed by atoms with Gasteiger partial charge in [-0.3, -0.25) is 60.7 Å². The molecule has 0 aliphatic carbocycles. The minimum Gasteiger partial charge on any atom is -0.258 e. The highest BCUT2D eigenvalue weighted by atomic mass is 16.6. The maximum Gasteiger partial charge on any atom is 0.292 e. The number of hydrogen-bond acceptors (Lipinski definition) is 20. The van der Waals surface area contributed by atoms with Crippen molar-refractivity contribution in [2.75, 3.05) is 10.9 Å². The van der Waals surface area contributed by atoms with Crippen molar-refractivity contribution in [3.63, 3.8) is 0 Å². The van der Waals surface area contributed by atoms with Gasteiger partial charge in [0.1, 0.15) is 0 Å². The predicted molar refractivity (Wildman–Crippen MR) is 133 cm³/mol. The fraction of sp³-hybridized carbons (Fsp3) is 0. The minimum atomic E-state index is -1.10. The van der Waals surface area contributed by atoms with Gasteiger partial charge < -0.3 is 0 Å². The van der Waals surface area contributed by atoms with Gasteiger partial charge >= 0.3 is 0 Å². The van der Waals surface area contributed by atoms with Crippen LogP contribution in [0.15, 0.2) is 34.5 Å². The molecule has 0 saturated carbocycles. The van der Waals surface area contributed by atoms with Crippen LogP contribution in [0.1, 0.15) is 11.1 Å². The van der Waals surface area contributed by atoms with Crippen molar-refractivity contribution in [3.8, 4) is 0 Å². The van der Waals surface area contributed by atoms with E-state index in [0.29, 0.717) is 36.7 Å². The van der Waals surface area contributed by atoms with E-state index in [0.717, 1.165) is 0 Å². The summed E-state index contributed by atoms with van der Waals surface area (Å²) in [5.41, 5.74) is -3.00. The monoisotopic (exact) mass is 588 g/mol. The summed E-state index contributed by atoms with van der Waals surface area (Å²) in [6.07, 6.45) is 1.20. The van der Waals surface area contributed by atoms with Crippen molar-refractivity contribution in [2.45, 2.75) is 0 Å². The van der Waals surface area contributed by atoms with Crippen LogP contribution in [0.2, 0.25) is 0 Å². The molecule has 1 aromatic heterocycles. The Balaban J connectivity index is 1.80. The fourth-order valence-electron chi connectivity index (χ4n) is 2.92. The normalized spacial score (nSPS) is 10.9. The summed E-state index contributed by atoms with van der Waals surface area (Å²) in [4.78, 5) is 60.5. The Morgan fingerprint density at radius 2 is 0.762 bits per heavy atom. The standard InChI is InChI=1S/C16H8N14O12/c31-25(32)7-1-11(27(35)36)9(12(2-7)28(37)38)5-17-19-15-21-23-16(24-22-15)20-18-6-10-13(29(39)40)3-8(26(33)34)4-14(10)30(41)42/h1-6H,(H,19,21,22)(H,20,23,24)/b17-5+,18-6+. The highest BCUT2D eigenvalue weighted by Gasteiger charge is 2.30.